The minimum Gasteiger partial charge on any atom is -0.328 e. The minimum absolute atomic E-state index is 0.445. The predicted octanol–water partition coefficient (Wildman–Crippen LogP) is 2.39. The highest BCUT2D eigenvalue weighted by Crippen LogP contribution is 2.25. The predicted molar refractivity (Wildman–Crippen MR) is 68.1 cm³/mol. The van der Waals surface area contributed by atoms with Crippen molar-refractivity contribution >= 4 is 0 Å². The molecule has 0 amide bonds. The molecule has 2 N–H and O–H groups in total. The SMILES string of the molecule is CCCN(Cc1ccccc1)C1CC(N)C1. The van der Waals surface area contributed by atoms with Gasteiger partial charge in [-0.1, -0.05) is 37.3 Å². The van der Waals surface area contributed by atoms with Crippen LogP contribution >= 0.6 is 0 Å². The molecule has 0 atom stereocenters. The average molecular weight is 218 g/mol. The summed E-state index contributed by atoms with van der Waals surface area (Å²) in [5, 5.41) is 0. The number of hydrogen-bond acceptors (Lipinski definition) is 2. The number of rotatable bonds is 5. The van der Waals surface area contributed by atoms with Gasteiger partial charge in [-0.3, -0.25) is 4.90 Å². The highest BCUT2D eigenvalue weighted by molar-refractivity contribution is 5.14. The molecule has 0 bridgehead atoms. The van der Waals surface area contributed by atoms with Gasteiger partial charge in [-0.25, -0.2) is 0 Å². The van der Waals surface area contributed by atoms with Gasteiger partial charge in [0.25, 0.3) is 0 Å². The fourth-order valence-electron chi connectivity index (χ4n) is 2.42. The number of nitrogens with two attached hydrogens (primary N) is 1. The number of hydrogen-bond donors (Lipinski definition) is 1. The third kappa shape index (κ3) is 2.83. The lowest BCUT2D eigenvalue weighted by atomic mass is 9.86. The van der Waals surface area contributed by atoms with Gasteiger partial charge in [0.15, 0.2) is 0 Å². The highest BCUT2D eigenvalue weighted by atomic mass is 15.2. The zero-order valence-electron chi connectivity index (χ0n) is 10.1. The fraction of sp³-hybridized carbons (Fsp3) is 0.571. The van der Waals surface area contributed by atoms with E-state index in [0.717, 1.165) is 12.6 Å². The summed E-state index contributed by atoms with van der Waals surface area (Å²) in [6.07, 6.45) is 3.57. The summed E-state index contributed by atoms with van der Waals surface area (Å²) in [7, 11) is 0. The van der Waals surface area contributed by atoms with Gasteiger partial charge >= 0.3 is 0 Å². The first kappa shape index (κ1) is 11.6. The Balaban J connectivity index is 1.92. The van der Waals surface area contributed by atoms with Crippen LogP contribution in [0.3, 0.4) is 0 Å². The summed E-state index contributed by atoms with van der Waals surface area (Å²) in [5.74, 6) is 0. The molecule has 16 heavy (non-hydrogen) atoms. The standard InChI is InChI=1S/C14H22N2/c1-2-8-16(14-9-13(15)10-14)11-12-6-4-3-5-7-12/h3-7,13-14H,2,8-11,15H2,1H3. The van der Waals surface area contributed by atoms with Gasteiger partial charge in [-0.05, 0) is 31.4 Å². The van der Waals surface area contributed by atoms with Crippen molar-refractivity contribution in [3.05, 3.63) is 35.9 Å². The second-order valence-corrected chi connectivity index (χ2v) is 4.84. The molecule has 1 saturated carbocycles. The van der Waals surface area contributed by atoms with Crippen molar-refractivity contribution in [3.8, 4) is 0 Å². The largest absolute Gasteiger partial charge is 0.328 e. The van der Waals surface area contributed by atoms with Gasteiger partial charge in [0.05, 0.1) is 0 Å². The zero-order valence-corrected chi connectivity index (χ0v) is 10.1. The molecule has 0 saturated heterocycles. The van der Waals surface area contributed by atoms with Crippen LogP contribution in [0.2, 0.25) is 0 Å². The smallest absolute Gasteiger partial charge is 0.0236 e. The van der Waals surface area contributed by atoms with E-state index in [1.807, 2.05) is 0 Å². The van der Waals surface area contributed by atoms with E-state index in [-0.39, 0.29) is 0 Å². The minimum atomic E-state index is 0.445. The van der Waals surface area contributed by atoms with Gasteiger partial charge in [0, 0.05) is 18.6 Å². The Morgan fingerprint density at radius 2 is 1.94 bits per heavy atom. The molecule has 0 aromatic heterocycles. The molecule has 1 fully saturated rings. The van der Waals surface area contributed by atoms with Gasteiger partial charge in [-0.2, -0.15) is 0 Å². The van der Waals surface area contributed by atoms with Gasteiger partial charge in [0.2, 0.25) is 0 Å². The monoisotopic (exact) mass is 218 g/mol. The Hall–Kier alpha value is -0.860. The number of benzene rings is 1. The summed E-state index contributed by atoms with van der Waals surface area (Å²) in [6, 6.07) is 11.9. The quantitative estimate of drug-likeness (QED) is 0.822. The highest BCUT2D eigenvalue weighted by Gasteiger charge is 2.30. The molecule has 1 aromatic carbocycles. The van der Waals surface area contributed by atoms with Crippen molar-refractivity contribution in [3.63, 3.8) is 0 Å². The van der Waals surface area contributed by atoms with Crippen LogP contribution in [0.4, 0.5) is 0 Å². The Morgan fingerprint density at radius 3 is 2.50 bits per heavy atom. The lowest BCUT2D eigenvalue weighted by molar-refractivity contribution is 0.103. The molecule has 1 aliphatic rings. The summed E-state index contributed by atoms with van der Waals surface area (Å²) >= 11 is 0. The molecule has 0 aliphatic heterocycles. The van der Waals surface area contributed by atoms with E-state index in [2.05, 4.69) is 42.2 Å². The molecule has 2 rings (SSSR count). The molecule has 1 aromatic rings. The van der Waals surface area contributed by atoms with Crippen LogP contribution in [0.15, 0.2) is 30.3 Å². The Kier molecular flexibility index (Phi) is 3.97. The molecule has 2 nitrogen and oxygen atoms in total. The maximum absolute atomic E-state index is 5.87. The van der Waals surface area contributed by atoms with Gasteiger partial charge < -0.3 is 5.73 Å². The Labute approximate surface area is 98.4 Å². The van der Waals surface area contributed by atoms with Crippen LogP contribution in [0.25, 0.3) is 0 Å². The molecule has 2 heteroatoms. The molecule has 0 radical (unpaired) electrons. The van der Waals surface area contributed by atoms with Crippen LogP contribution in [-0.4, -0.2) is 23.5 Å². The van der Waals surface area contributed by atoms with Crippen LogP contribution in [0.5, 0.6) is 0 Å². The first-order valence-electron chi connectivity index (χ1n) is 6.33. The van der Waals surface area contributed by atoms with E-state index in [1.165, 1.54) is 31.4 Å². The average Bonchev–Trinajstić information content (AvgIpc) is 2.26. The van der Waals surface area contributed by atoms with E-state index in [1.54, 1.807) is 0 Å². The first-order valence-corrected chi connectivity index (χ1v) is 6.33. The number of nitrogens with zero attached hydrogens (tertiary/aromatic N) is 1. The second kappa shape index (κ2) is 5.46. The lowest BCUT2D eigenvalue weighted by Crippen LogP contribution is -2.50. The van der Waals surface area contributed by atoms with E-state index in [0.29, 0.717) is 6.04 Å². The van der Waals surface area contributed by atoms with Gasteiger partial charge in [0.1, 0.15) is 0 Å². The van der Waals surface area contributed by atoms with Crippen LogP contribution in [-0.2, 0) is 6.54 Å². The van der Waals surface area contributed by atoms with Crippen LogP contribution < -0.4 is 5.73 Å². The summed E-state index contributed by atoms with van der Waals surface area (Å²) in [6.45, 7) is 4.51. The van der Waals surface area contributed by atoms with Crippen LogP contribution in [0.1, 0.15) is 31.7 Å². The van der Waals surface area contributed by atoms with Crippen molar-refractivity contribution in [2.24, 2.45) is 5.73 Å². The summed E-state index contributed by atoms with van der Waals surface area (Å²) < 4.78 is 0. The molecular formula is C14H22N2. The van der Waals surface area contributed by atoms with E-state index in [4.69, 9.17) is 5.73 Å². The summed E-state index contributed by atoms with van der Waals surface area (Å²) in [4.78, 5) is 2.58. The van der Waals surface area contributed by atoms with E-state index >= 15 is 0 Å². The molecule has 0 heterocycles. The maximum atomic E-state index is 5.87. The third-order valence-electron chi connectivity index (χ3n) is 3.41. The molecule has 0 unspecified atom stereocenters. The molecular weight excluding hydrogens is 196 g/mol. The van der Waals surface area contributed by atoms with Crippen molar-refractivity contribution in [2.75, 3.05) is 6.54 Å². The van der Waals surface area contributed by atoms with Gasteiger partial charge in [-0.15, -0.1) is 0 Å². The summed E-state index contributed by atoms with van der Waals surface area (Å²) in [5.41, 5.74) is 7.28. The van der Waals surface area contributed by atoms with Crippen LogP contribution in [0, 0.1) is 0 Å². The Bertz CT molecular complexity index is 304. The van der Waals surface area contributed by atoms with Crippen molar-refractivity contribution < 1.29 is 0 Å². The fourth-order valence-corrected chi connectivity index (χ4v) is 2.42. The molecule has 1 aliphatic carbocycles. The Morgan fingerprint density at radius 1 is 1.25 bits per heavy atom. The second-order valence-electron chi connectivity index (χ2n) is 4.84. The molecule has 88 valence electrons. The maximum Gasteiger partial charge on any atom is 0.0236 e. The van der Waals surface area contributed by atoms with Crippen molar-refractivity contribution in [1.82, 2.24) is 4.90 Å². The van der Waals surface area contributed by atoms with Crippen molar-refractivity contribution in [1.29, 1.82) is 0 Å². The normalized spacial score (nSPS) is 24.4. The zero-order chi connectivity index (χ0) is 11.4. The van der Waals surface area contributed by atoms with Crippen molar-refractivity contribution in [2.45, 2.75) is 44.8 Å². The first-order chi connectivity index (χ1) is 7.79. The lowest BCUT2D eigenvalue weighted by Gasteiger charge is -2.41. The molecule has 0 spiro atoms. The topological polar surface area (TPSA) is 29.3 Å². The third-order valence-corrected chi connectivity index (χ3v) is 3.41. The van der Waals surface area contributed by atoms with E-state index in [9.17, 15) is 0 Å². The van der Waals surface area contributed by atoms with E-state index < -0.39 is 0 Å².